The standard InChI is InChI=1S/C20H20N4O4S/c1-11(18(26)27)22-23-19-21-16-15(13-9-20(2,3)28-10-14(13)29-16)17(25)24(19)12-7-5-4-6-8-12/h4-8H,9-10H2,1-3H3,(H,21,23)(H,26,27)/b22-11-. The zero-order valence-corrected chi connectivity index (χ0v) is 17.0. The third-order valence-corrected chi connectivity index (χ3v) is 5.85. The van der Waals surface area contributed by atoms with E-state index in [1.165, 1.54) is 22.8 Å². The second kappa shape index (κ2) is 7.09. The quantitative estimate of drug-likeness (QED) is 0.504. The Balaban J connectivity index is 1.96. The zero-order valence-electron chi connectivity index (χ0n) is 16.2. The van der Waals surface area contributed by atoms with Gasteiger partial charge in [0.25, 0.3) is 5.56 Å². The van der Waals surface area contributed by atoms with Crippen LogP contribution in [0.25, 0.3) is 15.9 Å². The van der Waals surface area contributed by atoms with Crippen LogP contribution in [0.15, 0.2) is 40.2 Å². The van der Waals surface area contributed by atoms with Crippen LogP contribution in [0, 0.1) is 0 Å². The third-order valence-electron chi connectivity index (χ3n) is 4.75. The van der Waals surface area contributed by atoms with Crippen molar-refractivity contribution in [2.24, 2.45) is 5.10 Å². The van der Waals surface area contributed by atoms with E-state index in [2.05, 4.69) is 15.5 Å². The number of nitrogens with one attached hydrogen (secondary N) is 1. The zero-order chi connectivity index (χ0) is 20.8. The number of hydrogen-bond donors (Lipinski definition) is 2. The van der Waals surface area contributed by atoms with Crippen molar-refractivity contribution in [3.05, 3.63) is 51.1 Å². The number of hydrogen-bond acceptors (Lipinski definition) is 7. The second-order valence-corrected chi connectivity index (χ2v) is 8.52. The topological polar surface area (TPSA) is 106 Å². The van der Waals surface area contributed by atoms with Gasteiger partial charge in [-0.15, -0.1) is 11.3 Å². The van der Waals surface area contributed by atoms with Crippen molar-refractivity contribution in [2.45, 2.75) is 39.4 Å². The van der Waals surface area contributed by atoms with E-state index < -0.39 is 5.97 Å². The predicted molar refractivity (Wildman–Crippen MR) is 112 cm³/mol. The minimum Gasteiger partial charge on any atom is -0.477 e. The first-order valence-corrected chi connectivity index (χ1v) is 9.89. The van der Waals surface area contributed by atoms with Crippen LogP contribution >= 0.6 is 11.3 Å². The number of anilines is 1. The summed E-state index contributed by atoms with van der Waals surface area (Å²) in [6.07, 6.45) is 0.622. The number of aliphatic carboxylic acids is 1. The predicted octanol–water partition coefficient (Wildman–Crippen LogP) is 3.17. The number of fused-ring (bicyclic) bond motifs is 3. The minimum absolute atomic E-state index is 0.139. The van der Waals surface area contributed by atoms with Gasteiger partial charge in [-0.2, -0.15) is 5.10 Å². The molecule has 0 amide bonds. The second-order valence-electron chi connectivity index (χ2n) is 7.43. The molecule has 0 spiro atoms. The largest absolute Gasteiger partial charge is 0.477 e. The lowest BCUT2D eigenvalue weighted by Gasteiger charge is -2.29. The van der Waals surface area contributed by atoms with Gasteiger partial charge < -0.3 is 9.84 Å². The number of rotatable bonds is 4. The fourth-order valence-electron chi connectivity index (χ4n) is 3.27. The van der Waals surface area contributed by atoms with E-state index in [1.807, 2.05) is 32.0 Å². The minimum atomic E-state index is -1.15. The van der Waals surface area contributed by atoms with E-state index in [4.69, 9.17) is 9.84 Å². The number of carbonyl (C=O) groups is 1. The van der Waals surface area contributed by atoms with Crippen molar-refractivity contribution in [1.29, 1.82) is 0 Å². The molecule has 0 saturated heterocycles. The van der Waals surface area contributed by atoms with Gasteiger partial charge in [0.15, 0.2) is 0 Å². The van der Waals surface area contributed by atoms with E-state index in [9.17, 15) is 9.59 Å². The molecule has 1 aromatic carbocycles. The first-order valence-electron chi connectivity index (χ1n) is 9.07. The molecule has 0 aliphatic carbocycles. The Morgan fingerprint density at radius 2 is 2.07 bits per heavy atom. The molecular formula is C20H20N4O4S. The smallest absolute Gasteiger partial charge is 0.351 e. The van der Waals surface area contributed by atoms with Gasteiger partial charge in [0.05, 0.1) is 23.3 Å². The van der Waals surface area contributed by atoms with Gasteiger partial charge in [-0.25, -0.2) is 19.8 Å². The van der Waals surface area contributed by atoms with E-state index in [0.29, 0.717) is 28.9 Å². The number of thiophene rings is 1. The number of nitrogens with zero attached hydrogens (tertiary/aromatic N) is 3. The summed E-state index contributed by atoms with van der Waals surface area (Å²) >= 11 is 1.42. The molecular weight excluding hydrogens is 392 g/mol. The van der Waals surface area contributed by atoms with Crippen LogP contribution in [0.1, 0.15) is 31.2 Å². The fourth-order valence-corrected chi connectivity index (χ4v) is 4.36. The molecule has 3 heterocycles. The van der Waals surface area contributed by atoms with Crippen LogP contribution in [-0.4, -0.2) is 31.9 Å². The number of carboxylic acid groups (broad SMARTS) is 1. The van der Waals surface area contributed by atoms with Crippen LogP contribution in [0.3, 0.4) is 0 Å². The maximum atomic E-state index is 13.6. The summed E-state index contributed by atoms with van der Waals surface area (Å²) in [7, 11) is 0. The molecule has 150 valence electrons. The van der Waals surface area contributed by atoms with Crippen LogP contribution in [0.2, 0.25) is 0 Å². The first kappa shape index (κ1) is 19.3. The van der Waals surface area contributed by atoms with Crippen molar-refractivity contribution in [2.75, 3.05) is 5.43 Å². The Bertz CT molecular complexity index is 1190. The van der Waals surface area contributed by atoms with Crippen molar-refractivity contribution >= 4 is 39.2 Å². The number of benzene rings is 1. The summed E-state index contributed by atoms with van der Waals surface area (Å²) in [5.41, 5.74) is 3.53. The number of hydrazone groups is 1. The lowest BCUT2D eigenvalue weighted by Crippen LogP contribution is -2.32. The molecule has 3 aromatic rings. The normalized spacial score (nSPS) is 15.9. The van der Waals surface area contributed by atoms with Crippen LogP contribution in [-0.2, 0) is 22.6 Å². The van der Waals surface area contributed by atoms with Gasteiger partial charge in [-0.3, -0.25) is 4.79 Å². The van der Waals surface area contributed by atoms with E-state index in [1.54, 1.807) is 12.1 Å². The molecule has 0 unspecified atom stereocenters. The molecule has 2 aromatic heterocycles. The molecule has 9 heteroatoms. The Morgan fingerprint density at radius 1 is 1.34 bits per heavy atom. The fraction of sp³-hybridized carbons (Fsp3) is 0.300. The van der Waals surface area contributed by atoms with Crippen LogP contribution in [0.5, 0.6) is 0 Å². The Hall–Kier alpha value is -3.04. The first-order chi connectivity index (χ1) is 13.8. The van der Waals surface area contributed by atoms with Crippen molar-refractivity contribution in [3.63, 3.8) is 0 Å². The highest BCUT2D eigenvalue weighted by atomic mass is 32.1. The summed E-state index contributed by atoms with van der Waals surface area (Å²) in [5, 5.41) is 13.5. The van der Waals surface area contributed by atoms with Gasteiger partial charge in [0, 0.05) is 11.3 Å². The number of carboxylic acids is 1. The molecule has 1 aliphatic heterocycles. The lowest BCUT2D eigenvalue weighted by molar-refractivity contribution is -0.129. The van der Waals surface area contributed by atoms with E-state index in [-0.39, 0.29) is 22.8 Å². The number of para-hydroxylation sites is 1. The molecule has 0 bridgehead atoms. The third kappa shape index (κ3) is 3.54. The van der Waals surface area contributed by atoms with Crippen LogP contribution in [0.4, 0.5) is 5.95 Å². The Kier molecular flexibility index (Phi) is 4.71. The SMILES string of the molecule is C/C(=N/Nc1nc2sc3c(c2c(=O)n1-c1ccccc1)CC(C)(C)OC3)C(=O)O. The van der Waals surface area contributed by atoms with Crippen molar-refractivity contribution in [1.82, 2.24) is 9.55 Å². The summed E-state index contributed by atoms with van der Waals surface area (Å²) in [4.78, 5) is 30.8. The molecule has 4 rings (SSSR count). The highest BCUT2D eigenvalue weighted by Gasteiger charge is 2.31. The van der Waals surface area contributed by atoms with Gasteiger partial charge in [0.2, 0.25) is 5.95 Å². The molecule has 0 radical (unpaired) electrons. The van der Waals surface area contributed by atoms with Gasteiger partial charge >= 0.3 is 5.97 Å². The summed E-state index contributed by atoms with van der Waals surface area (Å²) in [6.45, 7) is 5.80. The number of ether oxygens (including phenoxy) is 1. The average Bonchev–Trinajstić information content (AvgIpc) is 3.03. The summed E-state index contributed by atoms with van der Waals surface area (Å²) in [5.74, 6) is -0.994. The Morgan fingerprint density at radius 3 is 2.76 bits per heavy atom. The maximum absolute atomic E-state index is 13.6. The molecule has 8 nitrogen and oxygen atoms in total. The lowest BCUT2D eigenvalue weighted by atomic mass is 9.94. The molecule has 0 saturated carbocycles. The summed E-state index contributed by atoms with van der Waals surface area (Å²) in [6, 6.07) is 9.08. The maximum Gasteiger partial charge on any atom is 0.351 e. The average molecular weight is 412 g/mol. The molecule has 2 N–H and O–H groups in total. The van der Waals surface area contributed by atoms with Crippen LogP contribution < -0.4 is 11.0 Å². The van der Waals surface area contributed by atoms with Gasteiger partial charge in [-0.05, 0) is 38.5 Å². The molecule has 1 aliphatic rings. The highest BCUT2D eigenvalue weighted by molar-refractivity contribution is 7.18. The van der Waals surface area contributed by atoms with Gasteiger partial charge in [-0.1, -0.05) is 18.2 Å². The van der Waals surface area contributed by atoms with Gasteiger partial charge in [0.1, 0.15) is 10.5 Å². The molecule has 0 atom stereocenters. The van der Waals surface area contributed by atoms with E-state index in [0.717, 1.165) is 10.4 Å². The number of aromatic nitrogens is 2. The van der Waals surface area contributed by atoms with E-state index >= 15 is 0 Å². The molecule has 29 heavy (non-hydrogen) atoms. The molecule has 0 fully saturated rings. The van der Waals surface area contributed by atoms with Crippen molar-refractivity contribution in [3.8, 4) is 5.69 Å². The highest BCUT2D eigenvalue weighted by Crippen LogP contribution is 2.37. The summed E-state index contributed by atoms with van der Waals surface area (Å²) < 4.78 is 7.31. The Labute approximate surface area is 170 Å². The van der Waals surface area contributed by atoms with Crippen molar-refractivity contribution < 1.29 is 14.6 Å². The monoisotopic (exact) mass is 412 g/mol.